The van der Waals surface area contributed by atoms with Gasteiger partial charge in [-0.3, -0.25) is 9.59 Å². The fraction of sp³-hybridized carbons (Fsp3) is 0.742. The summed E-state index contributed by atoms with van der Waals surface area (Å²) in [7, 11) is 1.95. The second kappa shape index (κ2) is 7.59. The Morgan fingerprint density at radius 3 is 2.40 bits per heavy atom. The first kappa shape index (κ1) is 22.4. The molecular weight excluding hydrogens is 434 g/mol. The molecule has 6 aliphatic carbocycles. The summed E-state index contributed by atoms with van der Waals surface area (Å²) in [5.74, 6) is 3.16. The zero-order valence-corrected chi connectivity index (χ0v) is 21.3. The molecule has 6 fully saturated rings. The van der Waals surface area contributed by atoms with Crippen LogP contribution in [0.5, 0.6) is 0 Å². The minimum atomic E-state index is -0.483. The van der Waals surface area contributed by atoms with Crippen LogP contribution >= 0.6 is 0 Å². The van der Waals surface area contributed by atoms with Gasteiger partial charge in [-0.2, -0.15) is 0 Å². The van der Waals surface area contributed by atoms with Crippen molar-refractivity contribution in [1.29, 1.82) is 0 Å². The first-order chi connectivity index (χ1) is 16.8. The Morgan fingerprint density at radius 2 is 1.63 bits per heavy atom. The highest BCUT2D eigenvalue weighted by atomic mass is 16.4. The summed E-state index contributed by atoms with van der Waals surface area (Å²) in [6.45, 7) is 0. The van der Waals surface area contributed by atoms with E-state index in [-0.39, 0.29) is 11.3 Å². The number of hydrogen-bond donors (Lipinski definition) is 1. The summed E-state index contributed by atoms with van der Waals surface area (Å²) in [5.41, 5.74) is 1.15. The molecule has 0 radical (unpaired) electrons. The lowest BCUT2D eigenvalue weighted by Gasteiger charge is -2.55. The molecule has 4 nitrogen and oxygen atoms in total. The minimum Gasteiger partial charge on any atom is -0.481 e. The van der Waals surface area contributed by atoms with E-state index in [1.165, 1.54) is 51.4 Å². The highest BCUT2D eigenvalue weighted by Crippen LogP contribution is 2.77. The van der Waals surface area contributed by atoms with E-state index in [9.17, 15) is 14.7 Å². The Morgan fingerprint density at radius 1 is 0.886 bits per heavy atom. The van der Waals surface area contributed by atoms with E-state index < -0.39 is 11.4 Å². The molecule has 0 spiro atoms. The lowest BCUT2D eigenvalue weighted by Crippen LogP contribution is -2.46. The molecule has 7 rings (SSSR count). The van der Waals surface area contributed by atoms with E-state index in [0.29, 0.717) is 29.1 Å². The van der Waals surface area contributed by atoms with Crippen LogP contribution in [-0.2, 0) is 9.59 Å². The maximum absolute atomic E-state index is 13.6. The molecule has 1 aromatic carbocycles. The number of carbonyl (C=O) groups is 2. The molecule has 1 aromatic rings. The van der Waals surface area contributed by atoms with Crippen LogP contribution in [0.4, 0.5) is 5.69 Å². The van der Waals surface area contributed by atoms with Crippen molar-refractivity contribution in [3.8, 4) is 0 Å². The van der Waals surface area contributed by atoms with Crippen LogP contribution in [0.25, 0.3) is 0 Å². The third kappa shape index (κ3) is 3.10. The van der Waals surface area contributed by atoms with Crippen LogP contribution in [0.2, 0.25) is 0 Å². The van der Waals surface area contributed by atoms with Crippen molar-refractivity contribution in [2.75, 3.05) is 11.9 Å². The molecule has 6 bridgehead atoms. The van der Waals surface area contributed by atoms with Gasteiger partial charge in [0.05, 0.1) is 5.41 Å². The predicted octanol–water partition coefficient (Wildman–Crippen LogP) is 6.54. The Labute approximate surface area is 209 Å². The molecule has 35 heavy (non-hydrogen) atoms. The Bertz CT molecular complexity index is 1030. The number of carboxylic acids is 1. The van der Waals surface area contributed by atoms with Crippen LogP contribution < -0.4 is 4.90 Å². The van der Waals surface area contributed by atoms with Gasteiger partial charge in [-0.15, -0.1) is 0 Å². The van der Waals surface area contributed by atoms with Gasteiger partial charge < -0.3 is 10.0 Å². The number of carbonyl (C=O) groups excluding carboxylic acids is 1. The average molecular weight is 476 g/mol. The van der Waals surface area contributed by atoms with Crippen LogP contribution in [0.1, 0.15) is 83.5 Å². The van der Waals surface area contributed by atoms with E-state index >= 15 is 0 Å². The zero-order valence-electron chi connectivity index (χ0n) is 21.3. The number of nitrogens with zero attached hydrogens (tertiary/aromatic N) is 1. The SMILES string of the molecule is CN(C(=O)C1CC2CC3CC(C45CC6CCCC(C(=O)O)(C4)C(C6)C5)(C2)CC3C1)c1ccccc1. The van der Waals surface area contributed by atoms with Crippen LogP contribution in [0, 0.1) is 51.8 Å². The number of hydrogen-bond acceptors (Lipinski definition) is 2. The molecule has 1 N–H and O–H groups in total. The number of benzene rings is 1. The smallest absolute Gasteiger partial charge is 0.309 e. The van der Waals surface area contributed by atoms with Gasteiger partial charge in [0.2, 0.25) is 5.91 Å². The fourth-order valence-electron chi connectivity index (χ4n) is 11.3. The number of carboxylic acid groups (broad SMARTS) is 1. The number of para-hydroxylation sites is 1. The molecule has 0 heterocycles. The first-order valence-electron chi connectivity index (χ1n) is 14.4. The summed E-state index contributed by atoms with van der Waals surface area (Å²) in [6.07, 6.45) is 15.1. The lowest BCUT2D eigenvalue weighted by atomic mass is 9.50. The first-order valence-corrected chi connectivity index (χ1v) is 14.4. The number of fused-ring (bicyclic) bond motifs is 5. The highest BCUT2D eigenvalue weighted by Gasteiger charge is 2.71. The van der Waals surface area contributed by atoms with Gasteiger partial charge in [0.15, 0.2) is 0 Å². The van der Waals surface area contributed by atoms with Crippen molar-refractivity contribution in [1.82, 2.24) is 0 Å². The van der Waals surface area contributed by atoms with Crippen molar-refractivity contribution in [2.45, 2.75) is 83.5 Å². The topological polar surface area (TPSA) is 57.6 Å². The molecule has 188 valence electrons. The van der Waals surface area contributed by atoms with Crippen molar-refractivity contribution in [2.24, 2.45) is 51.8 Å². The van der Waals surface area contributed by atoms with E-state index in [0.717, 1.165) is 49.6 Å². The van der Waals surface area contributed by atoms with Crippen molar-refractivity contribution >= 4 is 17.6 Å². The molecule has 9 atom stereocenters. The number of amides is 1. The maximum atomic E-state index is 13.6. The maximum Gasteiger partial charge on any atom is 0.309 e. The molecule has 4 heteroatoms. The van der Waals surface area contributed by atoms with Crippen LogP contribution in [0.15, 0.2) is 30.3 Å². The van der Waals surface area contributed by atoms with Gasteiger partial charge in [0.25, 0.3) is 0 Å². The Balaban J connectivity index is 1.17. The summed E-state index contributed by atoms with van der Waals surface area (Å²) in [5, 5.41) is 10.5. The standard InChI is InChI=1S/C31H41NO3/c1-32(26-7-3-2-4-8-26)27(33)22-10-21-11-23-16-29(15-21,17-24(23)13-22)30-14-20-6-5-9-31(19-30,28(34)35)25(12-20)18-30/h2-4,7-8,20-25H,5-6,9-19H2,1H3,(H,34,35). The van der Waals surface area contributed by atoms with Gasteiger partial charge in [-0.1, -0.05) is 31.0 Å². The molecule has 9 unspecified atom stereocenters. The highest BCUT2D eigenvalue weighted by molar-refractivity contribution is 5.94. The summed E-state index contributed by atoms with van der Waals surface area (Å²) >= 11 is 0. The van der Waals surface area contributed by atoms with E-state index in [1.54, 1.807) is 0 Å². The third-order valence-corrected chi connectivity index (χ3v) is 12.5. The van der Waals surface area contributed by atoms with Crippen molar-refractivity contribution < 1.29 is 14.7 Å². The number of rotatable bonds is 4. The summed E-state index contributed by atoms with van der Waals surface area (Å²) in [6, 6.07) is 10.1. The Hall–Kier alpha value is -1.84. The van der Waals surface area contributed by atoms with Gasteiger partial charge in [-0.05, 0) is 123 Å². The molecule has 0 aliphatic heterocycles. The van der Waals surface area contributed by atoms with E-state index in [1.807, 2.05) is 42.3 Å². The zero-order chi connectivity index (χ0) is 24.0. The van der Waals surface area contributed by atoms with E-state index in [4.69, 9.17) is 0 Å². The van der Waals surface area contributed by atoms with Crippen LogP contribution in [-0.4, -0.2) is 24.0 Å². The molecule has 0 aromatic heterocycles. The van der Waals surface area contributed by atoms with E-state index in [2.05, 4.69) is 0 Å². The van der Waals surface area contributed by atoms with Crippen molar-refractivity contribution in [3.63, 3.8) is 0 Å². The monoisotopic (exact) mass is 475 g/mol. The second-order valence-electron chi connectivity index (χ2n) is 13.9. The molecule has 1 amide bonds. The molecular formula is C31H41NO3. The lowest BCUT2D eigenvalue weighted by molar-refractivity contribution is -0.152. The van der Waals surface area contributed by atoms with Crippen LogP contribution in [0.3, 0.4) is 0 Å². The Kier molecular flexibility index (Phi) is 4.85. The van der Waals surface area contributed by atoms with Gasteiger partial charge in [-0.25, -0.2) is 0 Å². The average Bonchev–Trinajstić information content (AvgIpc) is 3.14. The molecule has 6 aliphatic rings. The quantitative estimate of drug-likeness (QED) is 0.538. The normalized spacial score (nSPS) is 47.3. The third-order valence-electron chi connectivity index (χ3n) is 12.5. The number of aliphatic carboxylic acids is 1. The molecule has 0 saturated heterocycles. The van der Waals surface area contributed by atoms with Gasteiger partial charge in [0.1, 0.15) is 0 Å². The van der Waals surface area contributed by atoms with Crippen molar-refractivity contribution in [3.05, 3.63) is 30.3 Å². The number of anilines is 1. The van der Waals surface area contributed by atoms with Gasteiger partial charge in [0, 0.05) is 18.7 Å². The summed E-state index contributed by atoms with van der Waals surface area (Å²) < 4.78 is 0. The predicted molar refractivity (Wildman–Crippen MR) is 136 cm³/mol. The summed E-state index contributed by atoms with van der Waals surface area (Å²) in [4.78, 5) is 28.3. The van der Waals surface area contributed by atoms with Gasteiger partial charge >= 0.3 is 5.97 Å². The fourth-order valence-corrected chi connectivity index (χ4v) is 11.3. The molecule has 6 saturated carbocycles. The second-order valence-corrected chi connectivity index (χ2v) is 13.9. The minimum absolute atomic E-state index is 0.140. The largest absolute Gasteiger partial charge is 0.481 e.